The predicted octanol–water partition coefficient (Wildman–Crippen LogP) is 3.00. The number of amides is 1. The van der Waals surface area contributed by atoms with Crippen LogP contribution < -0.4 is 10.6 Å². The zero-order chi connectivity index (χ0) is 28.6. The fourth-order valence-corrected chi connectivity index (χ4v) is 8.45. The van der Waals surface area contributed by atoms with E-state index in [1.165, 1.54) is 18.1 Å². The van der Waals surface area contributed by atoms with E-state index in [0.717, 1.165) is 63.6 Å². The zero-order valence-electron chi connectivity index (χ0n) is 24.4. The number of ether oxygens (including phenoxy) is 1. The number of hydrogen-bond donors (Lipinski definition) is 2. The average molecular weight is 565 g/mol. The molecule has 1 aromatic rings. The molecule has 1 aromatic carbocycles. The highest BCUT2D eigenvalue weighted by Gasteiger charge is 2.50. The summed E-state index contributed by atoms with van der Waals surface area (Å²) in [6.45, 7) is 7.43. The Bertz CT molecular complexity index is 1170. The van der Waals surface area contributed by atoms with Crippen molar-refractivity contribution in [3.8, 4) is 6.07 Å². The van der Waals surface area contributed by atoms with Crippen LogP contribution in [-0.4, -0.2) is 91.1 Å². The van der Waals surface area contributed by atoms with E-state index >= 15 is 0 Å². The number of fused-ring (bicyclic) bond motifs is 2. The Hall–Kier alpha value is -2.35. The van der Waals surface area contributed by atoms with Crippen molar-refractivity contribution >= 4 is 5.91 Å². The Kier molecular flexibility index (Phi) is 8.49. The first kappa shape index (κ1) is 28.8. The smallest absolute Gasteiger partial charge is 0.246 e. The quantitative estimate of drug-likeness (QED) is 0.514. The molecule has 222 valence electrons. The van der Waals surface area contributed by atoms with Gasteiger partial charge in [0, 0.05) is 37.6 Å². The standard InChI is InChI=1S/C32H45FN6O2/c1-3-29(40)39-17-16-38(20-23(39)11-14-34)30-25-10-13-32(12-9-22-6-4-8-27(33)26(22)18-32)19-28(25)35-31(36-30)41-21-24-7-5-15-37(24)2/h3-4,6,8,23-25,28,30-31,35-36H,1,5,7,9-13,15-21H2,2H3/t23?,24?,25?,28?,30?,31?,32-/m0/s1. The van der Waals surface area contributed by atoms with Crippen LogP contribution in [0.1, 0.15) is 56.1 Å². The molecule has 6 rings (SSSR count). The number of nitriles is 1. The SMILES string of the molecule is C=CC(=O)N1CCN(C2NC(OCC3CCCN3C)NC3C[C@@]4(CCc5cccc(F)c5C4)CCC32)CC1CC#N. The van der Waals surface area contributed by atoms with Gasteiger partial charge >= 0.3 is 0 Å². The van der Waals surface area contributed by atoms with E-state index in [-0.39, 0.29) is 41.7 Å². The average Bonchev–Trinajstić information content (AvgIpc) is 3.40. The van der Waals surface area contributed by atoms with Gasteiger partial charge in [-0.3, -0.25) is 20.3 Å². The molecule has 3 saturated heterocycles. The van der Waals surface area contributed by atoms with Crippen molar-refractivity contribution in [3.05, 3.63) is 47.8 Å². The van der Waals surface area contributed by atoms with E-state index < -0.39 is 0 Å². The fourth-order valence-electron chi connectivity index (χ4n) is 8.45. The van der Waals surface area contributed by atoms with Crippen molar-refractivity contribution in [1.82, 2.24) is 25.3 Å². The summed E-state index contributed by atoms with van der Waals surface area (Å²) in [7, 11) is 2.17. The van der Waals surface area contributed by atoms with Crippen molar-refractivity contribution in [2.24, 2.45) is 11.3 Å². The zero-order valence-corrected chi connectivity index (χ0v) is 24.4. The highest BCUT2D eigenvalue weighted by atomic mass is 19.1. The van der Waals surface area contributed by atoms with Crippen molar-refractivity contribution < 1.29 is 13.9 Å². The first-order valence-corrected chi connectivity index (χ1v) is 15.5. The summed E-state index contributed by atoms with van der Waals surface area (Å²) in [6.07, 6.45) is 9.80. The topological polar surface area (TPSA) is 83.9 Å². The third kappa shape index (κ3) is 5.82. The van der Waals surface area contributed by atoms with E-state index in [9.17, 15) is 14.4 Å². The molecule has 6 unspecified atom stereocenters. The van der Waals surface area contributed by atoms with Crippen LogP contribution >= 0.6 is 0 Å². The molecule has 3 heterocycles. The van der Waals surface area contributed by atoms with Gasteiger partial charge in [0.2, 0.25) is 5.91 Å². The van der Waals surface area contributed by atoms with Gasteiger partial charge in [-0.2, -0.15) is 5.26 Å². The van der Waals surface area contributed by atoms with Gasteiger partial charge in [0.15, 0.2) is 6.35 Å². The van der Waals surface area contributed by atoms with Crippen molar-refractivity contribution in [1.29, 1.82) is 5.26 Å². The van der Waals surface area contributed by atoms with Crippen LogP contribution in [0.25, 0.3) is 0 Å². The molecule has 3 aliphatic heterocycles. The molecule has 2 N–H and O–H groups in total. The summed E-state index contributed by atoms with van der Waals surface area (Å²) >= 11 is 0. The molecule has 9 heteroatoms. The van der Waals surface area contributed by atoms with Crippen molar-refractivity contribution in [2.45, 2.75) is 88.4 Å². The molecule has 0 aromatic heterocycles. The second-order valence-electron chi connectivity index (χ2n) is 13.1. The second-order valence-corrected chi connectivity index (χ2v) is 13.1. The number of hydrogen-bond acceptors (Lipinski definition) is 7. The van der Waals surface area contributed by atoms with Gasteiger partial charge in [0.05, 0.1) is 31.3 Å². The molecule has 0 bridgehead atoms. The maximum atomic E-state index is 14.9. The molecule has 1 spiro atoms. The molecule has 7 atom stereocenters. The molecule has 2 aliphatic carbocycles. The molecule has 41 heavy (non-hydrogen) atoms. The lowest BCUT2D eigenvalue weighted by molar-refractivity contribution is -0.137. The molecular formula is C32H45FN6O2. The molecule has 5 aliphatic rings. The number of carbonyl (C=O) groups is 1. The summed E-state index contributed by atoms with van der Waals surface area (Å²) in [5, 5.41) is 17.2. The van der Waals surface area contributed by atoms with Crippen molar-refractivity contribution in [2.75, 3.05) is 39.8 Å². The molecule has 1 amide bonds. The molecular weight excluding hydrogens is 519 g/mol. The van der Waals surface area contributed by atoms with E-state index in [0.29, 0.717) is 38.1 Å². The van der Waals surface area contributed by atoms with Gasteiger partial charge in [0.25, 0.3) is 0 Å². The second kappa shape index (κ2) is 12.1. The normalized spacial score (nSPS) is 36.0. The van der Waals surface area contributed by atoms with Crippen LogP contribution in [0.15, 0.2) is 30.9 Å². The lowest BCUT2D eigenvalue weighted by Crippen LogP contribution is -2.72. The van der Waals surface area contributed by atoms with Crippen LogP contribution in [0.2, 0.25) is 0 Å². The molecule has 1 saturated carbocycles. The minimum atomic E-state index is -0.278. The number of benzene rings is 1. The maximum Gasteiger partial charge on any atom is 0.246 e. The summed E-state index contributed by atoms with van der Waals surface area (Å²) < 4.78 is 21.4. The summed E-state index contributed by atoms with van der Waals surface area (Å²) in [6, 6.07) is 8.36. The third-order valence-corrected chi connectivity index (χ3v) is 10.8. The number of likely N-dealkylation sites (N-methyl/N-ethyl adjacent to an activating group) is 1. The predicted molar refractivity (Wildman–Crippen MR) is 155 cm³/mol. The van der Waals surface area contributed by atoms with Gasteiger partial charge in [-0.15, -0.1) is 0 Å². The number of nitrogens with one attached hydrogen (secondary N) is 2. The first-order valence-electron chi connectivity index (χ1n) is 15.5. The van der Waals surface area contributed by atoms with E-state index in [4.69, 9.17) is 4.74 Å². The minimum Gasteiger partial charge on any atom is -0.348 e. The minimum absolute atomic E-state index is 0.0581. The number of carbonyl (C=O) groups excluding carboxylic acids is 1. The Balaban J connectivity index is 1.21. The van der Waals surface area contributed by atoms with Gasteiger partial charge in [-0.1, -0.05) is 18.7 Å². The number of halogens is 1. The highest BCUT2D eigenvalue weighted by Crippen LogP contribution is 2.50. The van der Waals surface area contributed by atoms with Crippen LogP contribution in [0, 0.1) is 28.5 Å². The molecule has 0 radical (unpaired) electrons. The highest BCUT2D eigenvalue weighted by molar-refractivity contribution is 5.87. The molecule has 8 nitrogen and oxygen atoms in total. The Morgan fingerprint density at radius 3 is 2.90 bits per heavy atom. The van der Waals surface area contributed by atoms with E-state index in [2.05, 4.69) is 46.2 Å². The Morgan fingerprint density at radius 1 is 1.24 bits per heavy atom. The largest absolute Gasteiger partial charge is 0.348 e. The van der Waals surface area contributed by atoms with E-state index in [1.807, 2.05) is 6.07 Å². The first-order chi connectivity index (χ1) is 19.9. The number of aryl methyl sites for hydroxylation is 1. The molecule has 4 fully saturated rings. The summed E-state index contributed by atoms with van der Waals surface area (Å²) in [5.41, 5.74) is 2.19. The van der Waals surface area contributed by atoms with Crippen LogP contribution in [0.4, 0.5) is 4.39 Å². The van der Waals surface area contributed by atoms with Crippen molar-refractivity contribution in [3.63, 3.8) is 0 Å². The Morgan fingerprint density at radius 2 is 2.12 bits per heavy atom. The Labute approximate surface area is 243 Å². The van der Waals surface area contributed by atoms with E-state index in [1.54, 1.807) is 11.0 Å². The lowest BCUT2D eigenvalue weighted by atomic mass is 9.59. The monoisotopic (exact) mass is 564 g/mol. The third-order valence-electron chi connectivity index (χ3n) is 10.8. The van der Waals surface area contributed by atoms with Crippen LogP contribution in [0.5, 0.6) is 0 Å². The number of rotatable bonds is 6. The van der Waals surface area contributed by atoms with Crippen LogP contribution in [-0.2, 0) is 22.4 Å². The maximum absolute atomic E-state index is 14.9. The lowest BCUT2D eigenvalue weighted by Gasteiger charge is -2.56. The fraction of sp³-hybridized carbons (Fsp3) is 0.688. The van der Waals surface area contributed by atoms with Gasteiger partial charge < -0.3 is 14.5 Å². The number of likely N-dealkylation sites (tertiary alicyclic amines) is 1. The number of piperazine rings is 1. The van der Waals surface area contributed by atoms with Gasteiger partial charge in [0.1, 0.15) is 5.82 Å². The van der Waals surface area contributed by atoms with Crippen LogP contribution in [0.3, 0.4) is 0 Å². The number of nitrogens with zero attached hydrogens (tertiary/aromatic N) is 4. The van der Waals surface area contributed by atoms with Gasteiger partial charge in [-0.05, 0) is 93.6 Å². The van der Waals surface area contributed by atoms with Gasteiger partial charge in [-0.25, -0.2) is 4.39 Å². The summed E-state index contributed by atoms with van der Waals surface area (Å²) in [5.74, 6) is 0.200. The summed E-state index contributed by atoms with van der Waals surface area (Å²) in [4.78, 5) is 19.2.